The van der Waals surface area contributed by atoms with Gasteiger partial charge < -0.3 is 28.4 Å². The molecule has 272 valence electrons. The molecule has 0 amide bonds. The average molecular weight is 786 g/mol. The number of aryl methyl sites for hydroxylation is 1. The van der Waals surface area contributed by atoms with Crippen LogP contribution in [-0.2, 0) is 31.4 Å². The SMILES string of the molecule is COc1ccc(C(OC[C@H]2O[C@@H](n3cc(C)c(=O)[nH]c3=O)C[C@@H]2OP(O)(=S)Oc2cc(Cl)cc(Cl)c2)(c2ccccc2)c2ccc(OC)cc2)cc1. The molecule has 11 nitrogen and oxygen atoms in total. The topological polar surface area (TPSA) is 130 Å². The molecule has 0 saturated carbocycles. The van der Waals surface area contributed by atoms with Gasteiger partial charge in [-0.1, -0.05) is 77.8 Å². The molecular formula is C37H35Cl2N2O9PS. The second-order valence-corrected chi connectivity index (χ2v) is 15.6. The summed E-state index contributed by atoms with van der Waals surface area (Å²) in [6.45, 7) is -2.58. The van der Waals surface area contributed by atoms with E-state index in [1.54, 1.807) is 21.1 Å². The monoisotopic (exact) mass is 784 g/mol. The molecule has 1 aliphatic rings. The Balaban J connectivity index is 1.41. The van der Waals surface area contributed by atoms with Crippen molar-refractivity contribution >= 4 is 41.7 Å². The van der Waals surface area contributed by atoms with Gasteiger partial charge in [0, 0.05) is 40.0 Å². The Morgan fingerprint density at radius 1 is 0.885 bits per heavy atom. The van der Waals surface area contributed by atoms with E-state index in [0.717, 1.165) is 16.7 Å². The molecule has 0 aliphatic carbocycles. The molecule has 52 heavy (non-hydrogen) atoms. The summed E-state index contributed by atoms with van der Waals surface area (Å²) in [5.41, 5.74) is 0.247. The highest BCUT2D eigenvalue weighted by Crippen LogP contribution is 2.50. The first-order valence-electron chi connectivity index (χ1n) is 16.0. The number of hydrogen-bond acceptors (Lipinski definition) is 9. The predicted octanol–water partition coefficient (Wildman–Crippen LogP) is 7.15. The van der Waals surface area contributed by atoms with Crippen LogP contribution in [-0.4, -0.2) is 47.5 Å². The molecule has 2 N–H and O–H groups in total. The molecule has 1 aliphatic heterocycles. The highest BCUT2D eigenvalue weighted by Gasteiger charge is 2.45. The van der Waals surface area contributed by atoms with E-state index < -0.39 is 42.0 Å². The Morgan fingerprint density at radius 3 is 2.00 bits per heavy atom. The molecule has 15 heteroatoms. The van der Waals surface area contributed by atoms with E-state index in [4.69, 9.17) is 63.0 Å². The van der Waals surface area contributed by atoms with Crippen LogP contribution in [0.15, 0.2) is 113 Å². The normalized spacial score (nSPS) is 18.5. The molecule has 2 heterocycles. The van der Waals surface area contributed by atoms with E-state index in [9.17, 15) is 14.5 Å². The zero-order chi connectivity index (χ0) is 37.0. The highest BCUT2D eigenvalue weighted by molar-refractivity contribution is 8.07. The lowest BCUT2D eigenvalue weighted by atomic mass is 9.80. The fourth-order valence-corrected chi connectivity index (χ4v) is 8.20. The minimum atomic E-state index is -4.04. The average Bonchev–Trinajstić information content (AvgIpc) is 3.51. The number of halogens is 2. The second-order valence-electron chi connectivity index (χ2n) is 12.0. The van der Waals surface area contributed by atoms with Gasteiger partial charge in [-0.15, -0.1) is 0 Å². The molecule has 4 aromatic carbocycles. The number of nitrogens with zero attached hydrogens (tertiary/aromatic N) is 1. The van der Waals surface area contributed by atoms with Gasteiger partial charge in [0.15, 0.2) is 0 Å². The molecular weight excluding hydrogens is 750 g/mol. The fourth-order valence-electron chi connectivity index (χ4n) is 6.12. The van der Waals surface area contributed by atoms with Crippen molar-refractivity contribution in [1.82, 2.24) is 9.55 Å². The number of hydrogen-bond donors (Lipinski definition) is 2. The maximum Gasteiger partial charge on any atom is 0.378 e. The summed E-state index contributed by atoms with van der Waals surface area (Å²) < 4.78 is 37.6. The van der Waals surface area contributed by atoms with Gasteiger partial charge in [0.25, 0.3) is 5.56 Å². The predicted molar refractivity (Wildman–Crippen MR) is 201 cm³/mol. The largest absolute Gasteiger partial charge is 0.497 e. The standard InChI is InChI=1S/C37H35Cl2N2O9PS/c1-23-21-41(36(43)40-35(23)42)34-20-32(50-51(44,52)49-31-18-27(38)17-28(39)19-31)33(48-34)22-47-37(24-7-5-4-6-8-24,25-9-13-29(45-2)14-10-25)26-11-15-30(46-3)16-12-26/h4-19,21,32-34H,20,22H2,1-3H3,(H,44,52)(H,40,42,43)/t32-,33+,34+,51?/m0/s1. The number of benzene rings is 4. The van der Waals surface area contributed by atoms with Gasteiger partial charge >= 0.3 is 12.4 Å². The Morgan fingerprint density at radius 2 is 1.44 bits per heavy atom. The number of nitrogens with one attached hydrogen (secondary N) is 1. The first-order valence-corrected chi connectivity index (χ1v) is 19.4. The molecule has 1 fully saturated rings. The number of rotatable bonds is 13. The quantitative estimate of drug-likeness (QED) is 0.0939. The Bertz CT molecular complexity index is 2120. The first kappa shape index (κ1) is 37.8. The number of aromatic nitrogens is 2. The molecule has 0 radical (unpaired) electrons. The molecule has 1 saturated heterocycles. The van der Waals surface area contributed by atoms with Crippen molar-refractivity contribution in [2.75, 3.05) is 20.8 Å². The van der Waals surface area contributed by atoms with Crippen LogP contribution in [0.2, 0.25) is 10.0 Å². The van der Waals surface area contributed by atoms with Crippen LogP contribution in [0.4, 0.5) is 0 Å². The zero-order valence-electron chi connectivity index (χ0n) is 28.2. The van der Waals surface area contributed by atoms with Gasteiger partial charge in [-0.05, 0) is 66.1 Å². The van der Waals surface area contributed by atoms with Crippen molar-refractivity contribution in [2.45, 2.75) is 37.4 Å². The molecule has 1 aromatic heterocycles. The van der Waals surface area contributed by atoms with E-state index in [0.29, 0.717) is 17.1 Å². The highest BCUT2D eigenvalue weighted by atomic mass is 35.5. The molecule has 6 rings (SSSR count). The Hall–Kier alpha value is -3.97. The fraction of sp³-hybridized carbons (Fsp3) is 0.243. The Labute approximate surface area is 314 Å². The smallest absolute Gasteiger partial charge is 0.378 e. The van der Waals surface area contributed by atoms with Crippen LogP contribution in [0.5, 0.6) is 17.2 Å². The van der Waals surface area contributed by atoms with Gasteiger partial charge in [0.1, 0.15) is 41.3 Å². The summed E-state index contributed by atoms with van der Waals surface area (Å²) in [6.07, 6.45) is -1.33. The molecule has 4 atom stereocenters. The maximum atomic E-state index is 13.0. The van der Waals surface area contributed by atoms with Crippen molar-refractivity contribution in [3.8, 4) is 17.2 Å². The molecule has 0 spiro atoms. The van der Waals surface area contributed by atoms with Crippen molar-refractivity contribution in [2.24, 2.45) is 0 Å². The summed E-state index contributed by atoms with van der Waals surface area (Å²) in [4.78, 5) is 38.8. The first-order chi connectivity index (χ1) is 24.9. The van der Waals surface area contributed by atoms with Gasteiger partial charge in [-0.2, -0.15) is 0 Å². The van der Waals surface area contributed by atoms with Gasteiger partial charge in [0.05, 0.1) is 20.8 Å². The minimum Gasteiger partial charge on any atom is -0.497 e. The molecule has 1 unspecified atom stereocenters. The van der Waals surface area contributed by atoms with Crippen LogP contribution in [0.3, 0.4) is 0 Å². The van der Waals surface area contributed by atoms with E-state index >= 15 is 0 Å². The molecule has 5 aromatic rings. The van der Waals surface area contributed by atoms with E-state index in [-0.39, 0.29) is 28.8 Å². The van der Waals surface area contributed by atoms with Crippen LogP contribution in [0, 0.1) is 6.92 Å². The van der Waals surface area contributed by atoms with Gasteiger partial charge in [-0.25, -0.2) is 4.79 Å². The van der Waals surface area contributed by atoms with Crippen molar-refractivity contribution in [3.63, 3.8) is 0 Å². The summed E-state index contributed by atoms with van der Waals surface area (Å²) in [5, 5.41) is 0.547. The van der Waals surface area contributed by atoms with Crippen molar-refractivity contribution in [1.29, 1.82) is 0 Å². The van der Waals surface area contributed by atoms with Crippen LogP contribution in [0.25, 0.3) is 0 Å². The third-order valence-electron chi connectivity index (χ3n) is 8.60. The van der Waals surface area contributed by atoms with E-state index in [1.807, 2.05) is 78.9 Å². The lowest BCUT2D eigenvalue weighted by Gasteiger charge is -2.37. The minimum absolute atomic E-state index is 0.0431. The van der Waals surface area contributed by atoms with Crippen molar-refractivity contribution < 1.29 is 32.9 Å². The third kappa shape index (κ3) is 8.30. The second kappa shape index (κ2) is 16.0. The van der Waals surface area contributed by atoms with Crippen LogP contribution >= 0.6 is 29.9 Å². The lowest BCUT2D eigenvalue weighted by molar-refractivity contribution is -0.0923. The molecule has 0 bridgehead atoms. The number of methoxy groups -OCH3 is 2. The van der Waals surface area contributed by atoms with Gasteiger partial charge in [0.2, 0.25) is 0 Å². The summed E-state index contributed by atoms with van der Waals surface area (Å²) in [5.74, 6) is 1.43. The summed E-state index contributed by atoms with van der Waals surface area (Å²) in [7, 11) is 3.19. The van der Waals surface area contributed by atoms with Crippen LogP contribution < -0.4 is 25.2 Å². The summed E-state index contributed by atoms with van der Waals surface area (Å²) in [6, 6.07) is 29.1. The third-order valence-corrected chi connectivity index (χ3v) is 10.5. The van der Waals surface area contributed by atoms with E-state index in [2.05, 4.69) is 4.98 Å². The number of aromatic amines is 1. The summed E-state index contributed by atoms with van der Waals surface area (Å²) >= 11 is 17.8. The number of ether oxygens (including phenoxy) is 4. The van der Waals surface area contributed by atoms with Gasteiger partial charge in [-0.3, -0.25) is 18.9 Å². The lowest BCUT2D eigenvalue weighted by Crippen LogP contribution is -2.38. The Kier molecular flexibility index (Phi) is 11.6. The zero-order valence-corrected chi connectivity index (χ0v) is 31.5. The van der Waals surface area contributed by atoms with Crippen molar-refractivity contribution in [3.05, 3.63) is 156 Å². The van der Waals surface area contributed by atoms with Crippen LogP contribution in [0.1, 0.15) is 34.9 Å². The van der Waals surface area contributed by atoms with E-state index in [1.165, 1.54) is 29.0 Å². The maximum absolute atomic E-state index is 13.0. The number of H-pyrrole nitrogens is 1.